The molecule has 0 fully saturated rings. The monoisotopic (exact) mass is 243 g/mol. The van der Waals surface area contributed by atoms with Crippen molar-refractivity contribution in [2.75, 3.05) is 12.4 Å². The van der Waals surface area contributed by atoms with Crippen molar-refractivity contribution in [2.45, 2.75) is 19.4 Å². The Morgan fingerprint density at radius 3 is 2.69 bits per heavy atom. The molecule has 16 heavy (non-hydrogen) atoms. The van der Waals surface area contributed by atoms with Gasteiger partial charge in [0.05, 0.1) is 7.11 Å². The standard InChI is InChI=1S/C9H13N3O3S/c1-9(2,7(10)14)12-8-11-5(4-16-8)6(13)15-3/h4H,1-3H3,(H2,10,14)(H,11,12). The number of esters is 1. The van der Waals surface area contributed by atoms with E-state index in [4.69, 9.17) is 5.73 Å². The molecular formula is C9H13N3O3S. The fourth-order valence-corrected chi connectivity index (χ4v) is 1.70. The average Bonchev–Trinajstić information content (AvgIpc) is 2.64. The molecular weight excluding hydrogens is 230 g/mol. The van der Waals surface area contributed by atoms with E-state index >= 15 is 0 Å². The Balaban J connectivity index is 2.80. The summed E-state index contributed by atoms with van der Waals surface area (Å²) in [6, 6.07) is 0. The van der Waals surface area contributed by atoms with E-state index in [1.54, 1.807) is 19.2 Å². The van der Waals surface area contributed by atoms with Crippen LogP contribution in [0.2, 0.25) is 0 Å². The summed E-state index contributed by atoms with van der Waals surface area (Å²) in [5.74, 6) is -1.01. The number of nitrogens with one attached hydrogen (secondary N) is 1. The van der Waals surface area contributed by atoms with E-state index in [-0.39, 0.29) is 5.69 Å². The van der Waals surface area contributed by atoms with Gasteiger partial charge in [-0.2, -0.15) is 0 Å². The zero-order valence-corrected chi connectivity index (χ0v) is 10.1. The van der Waals surface area contributed by atoms with E-state index in [1.807, 2.05) is 0 Å². The number of rotatable bonds is 4. The molecule has 0 atom stereocenters. The normalized spacial score (nSPS) is 10.9. The van der Waals surface area contributed by atoms with Crippen LogP contribution in [-0.4, -0.2) is 29.5 Å². The minimum atomic E-state index is -0.911. The topological polar surface area (TPSA) is 94.3 Å². The Morgan fingerprint density at radius 1 is 1.56 bits per heavy atom. The highest BCUT2D eigenvalue weighted by molar-refractivity contribution is 7.13. The number of hydrogen-bond donors (Lipinski definition) is 2. The molecule has 0 aromatic carbocycles. The molecule has 0 saturated carbocycles. The van der Waals surface area contributed by atoms with Gasteiger partial charge in [0.1, 0.15) is 5.54 Å². The number of primary amides is 1. The number of methoxy groups -OCH3 is 1. The molecule has 0 aliphatic heterocycles. The molecule has 7 heteroatoms. The van der Waals surface area contributed by atoms with Gasteiger partial charge in [-0.1, -0.05) is 0 Å². The predicted octanol–water partition coefficient (Wildman–Crippen LogP) is 0.605. The Morgan fingerprint density at radius 2 is 2.19 bits per heavy atom. The van der Waals surface area contributed by atoms with Crippen molar-refractivity contribution in [3.63, 3.8) is 0 Å². The van der Waals surface area contributed by atoms with Crippen LogP contribution in [0.3, 0.4) is 0 Å². The summed E-state index contributed by atoms with van der Waals surface area (Å²) in [6.07, 6.45) is 0. The first-order chi connectivity index (χ1) is 7.36. The van der Waals surface area contributed by atoms with Crippen LogP contribution in [0.5, 0.6) is 0 Å². The molecule has 0 radical (unpaired) electrons. The van der Waals surface area contributed by atoms with E-state index in [1.165, 1.54) is 18.4 Å². The van der Waals surface area contributed by atoms with Crippen molar-refractivity contribution in [3.8, 4) is 0 Å². The van der Waals surface area contributed by atoms with Crippen molar-refractivity contribution in [1.29, 1.82) is 0 Å². The van der Waals surface area contributed by atoms with Crippen LogP contribution < -0.4 is 11.1 Å². The fraction of sp³-hybridized carbons (Fsp3) is 0.444. The average molecular weight is 243 g/mol. The molecule has 1 heterocycles. The molecule has 0 saturated heterocycles. The number of nitrogens with zero attached hydrogens (tertiary/aromatic N) is 1. The van der Waals surface area contributed by atoms with Crippen molar-refractivity contribution >= 4 is 28.3 Å². The molecule has 0 aliphatic carbocycles. The second-order valence-electron chi connectivity index (χ2n) is 3.64. The number of hydrogen-bond acceptors (Lipinski definition) is 6. The highest BCUT2D eigenvalue weighted by atomic mass is 32.1. The van der Waals surface area contributed by atoms with Crippen LogP contribution in [0.15, 0.2) is 5.38 Å². The first-order valence-electron chi connectivity index (χ1n) is 4.49. The van der Waals surface area contributed by atoms with Crippen LogP contribution >= 0.6 is 11.3 Å². The smallest absolute Gasteiger partial charge is 0.357 e. The summed E-state index contributed by atoms with van der Waals surface area (Å²) in [6.45, 7) is 3.27. The lowest BCUT2D eigenvalue weighted by molar-refractivity contribution is -0.121. The van der Waals surface area contributed by atoms with Gasteiger partial charge in [-0.25, -0.2) is 9.78 Å². The molecule has 0 unspecified atom stereocenters. The van der Waals surface area contributed by atoms with E-state index < -0.39 is 17.4 Å². The third-order valence-corrected chi connectivity index (χ3v) is 2.69. The molecule has 1 rings (SSSR count). The molecule has 0 aliphatic rings. The SMILES string of the molecule is COC(=O)c1csc(NC(C)(C)C(N)=O)n1. The minimum Gasteiger partial charge on any atom is -0.464 e. The van der Waals surface area contributed by atoms with E-state index in [0.717, 1.165) is 0 Å². The van der Waals surface area contributed by atoms with Gasteiger partial charge in [0.2, 0.25) is 5.91 Å². The third-order valence-electron chi connectivity index (χ3n) is 1.93. The van der Waals surface area contributed by atoms with Crippen LogP contribution in [0.1, 0.15) is 24.3 Å². The van der Waals surface area contributed by atoms with Gasteiger partial charge in [0.15, 0.2) is 10.8 Å². The Kier molecular flexibility index (Phi) is 3.48. The van der Waals surface area contributed by atoms with Crippen molar-refractivity contribution in [3.05, 3.63) is 11.1 Å². The molecule has 6 nitrogen and oxygen atoms in total. The molecule has 0 spiro atoms. The lowest BCUT2D eigenvalue weighted by Crippen LogP contribution is -2.45. The fourth-order valence-electron chi connectivity index (χ4n) is 0.858. The number of anilines is 1. The zero-order chi connectivity index (χ0) is 12.3. The quantitative estimate of drug-likeness (QED) is 0.755. The van der Waals surface area contributed by atoms with Gasteiger partial charge in [-0.15, -0.1) is 11.3 Å². The zero-order valence-electron chi connectivity index (χ0n) is 9.23. The second kappa shape index (κ2) is 4.48. The van der Waals surface area contributed by atoms with E-state index in [2.05, 4.69) is 15.0 Å². The number of carbonyl (C=O) groups is 2. The third kappa shape index (κ3) is 2.69. The Hall–Kier alpha value is -1.63. The first-order valence-corrected chi connectivity index (χ1v) is 5.36. The number of carbonyl (C=O) groups excluding carboxylic acids is 2. The highest BCUT2D eigenvalue weighted by Gasteiger charge is 2.26. The van der Waals surface area contributed by atoms with Crippen LogP contribution in [0.25, 0.3) is 0 Å². The van der Waals surface area contributed by atoms with Crippen molar-refractivity contribution in [1.82, 2.24) is 4.98 Å². The molecule has 88 valence electrons. The van der Waals surface area contributed by atoms with Gasteiger partial charge < -0.3 is 15.8 Å². The van der Waals surface area contributed by atoms with Gasteiger partial charge in [0.25, 0.3) is 0 Å². The summed E-state index contributed by atoms with van der Waals surface area (Å²) >= 11 is 1.21. The van der Waals surface area contributed by atoms with Gasteiger partial charge >= 0.3 is 5.97 Å². The number of thiazole rings is 1. The van der Waals surface area contributed by atoms with Crippen LogP contribution in [0, 0.1) is 0 Å². The minimum absolute atomic E-state index is 0.204. The number of ether oxygens (including phenoxy) is 1. The molecule has 1 aromatic heterocycles. The molecule has 3 N–H and O–H groups in total. The lowest BCUT2D eigenvalue weighted by Gasteiger charge is -2.21. The molecule has 1 amide bonds. The summed E-state index contributed by atoms with van der Waals surface area (Å²) in [7, 11) is 1.28. The molecule has 0 bridgehead atoms. The highest BCUT2D eigenvalue weighted by Crippen LogP contribution is 2.20. The second-order valence-corrected chi connectivity index (χ2v) is 4.50. The summed E-state index contributed by atoms with van der Waals surface area (Å²) in [5.41, 5.74) is 4.49. The Bertz CT molecular complexity index is 414. The maximum Gasteiger partial charge on any atom is 0.357 e. The van der Waals surface area contributed by atoms with E-state index in [0.29, 0.717) is 5.13 Å². The number of aromatic nitrogens is 1. The molecule has 1 aromatic rings. The Labute approximate surface area is 96.8 Å². The van der Waals surface area contributed by atoms with Crippen LogP contribution in [-0.2, 0) is 9.53 Å². The largest absolute Gasteiger partial charge is 0.464 e. The summed E-state index contributed by atoms with van der Waals surface area (Å²) in [4.78, 5) is 26.2. The van der Waals surface area contributed by atoms with Gasteiger partial charge in [-0.05, 0) is 13.8 Å². The number of amides is 1. The predicted molar refractivity (Wildman–Crippen MR) is 60.3 cm³/mol. The first kappa shape index (κ1) is 12.4. The summed E-state index contributed by atoms with van der Waals surface area (Å²) < 4.78 is 4.51. The summed E-state index contributed by atoms with van der Waals surface area (Å²) in [5, 5.41) is 4.84. The van der Waals surface area contributed by atoms with Crippen molar-refractivity contribution in [2.24, 2.45) is 5.73 Å². The van der Waals surface area contributed by atoms with Gasteiger partial charge in [0, 0.05) is 5.38 Å². The van der Waals surface area contributed by atoms with Gasteiger partial charge in [-0.3, -0.25) is 4.79 Å². The maximum atomic E-state index is 11.1. The van der Waals surface area contributed by atoms with E-state index in [9.17, 15) is 9.59 Å². The number of nitrogens with two attached hydrogens (primary N) is 1. The maximum absolute atomic E-state index is 11.1. The van der Waals surface area contributed by atoms with Crippen molar-refractivity contribution < 1.29 is 14.3 Å². The van der Waals surface area contributed by atoms with Crippen LogP contribution in [0.4, 0.5) is 5.13 Å². The lowest BCUT2D eigenvalue weighted by atomic mass is 10.1.